The summed E-state index contributed by atoms with van der Waals surface area (Å²) < 4.78 is 2.21. The number of hydrogen-bond acceptors (Lipinski definition) is 2. The maximum atomic E-state index is 12.9. The molecule has 1 unspecified atom stereocenters. The van der Waals surface area contributed by atoms with E-state index in [4.69, 9.17) is 11.6 Å². The maximum Gasteiger partial charge on any atom is 0.253 e. The van der Waals surface area contributed by atoms with Gasteiger partial charge < -0.3 is 9.47 Å². The van der Waals surface area contributed by atoms with Gasteiger partial charge in [0, 0.05) is 48.0 Å². The van der Waals surface area contributed by atoms with E-state index in [1.807, 2.05) is 36.4 Å². The summed E-state index contributed by atoms with van der Waals surface area (Å²) in [6.45, 7) is 7.78. The van der Waals surface area contributed by atoms with E-state index < -0.39 is 0 Å². The second-order valence-electron chi connectivity index (χ2n) is 6.84. The lowest BCUT2D eigenvalue weighted by atomic mass is 9.96. The van der Waals surface area contributed by atoms with Gasteiger partial charge in [0.15, 0.2) is 0 Å². The van der Waals surface area contributed by atoms with E-state index in [0.717, 1.165) is 37.3 Å². The summed E-state index contributed by atoms with van der Waals surface area (Å²) >= 11 is 6.07. The van der Waals surface area contributed by atoms with Crippen molar-refractivity contribution in [3.05, 3.63) is 52.6 Å². The molecule has 0 saturated carbocycles. The number of aryl methyl sites for hydroxylation is 1. The summed E-state index contributed by atoms with van der Waals surface area (Å²) in [4.78, 5) is 19.4. The Morgan fingerprint density at radius 3 is 2.88 bits per heavy atom. The average molecular weight is 346 g/mol. The van der Waals surface area contributed by atoms with Gasteiger partial charge in [-0.15, -0.1) is 0 Å². The molecule has 1 atom stereocenters. The van der Waals surface area contributed by atoms with Crippen molar-refractivity contribution >= 4 is 17.5 Å². The molecule has 2 aromatic rings. The Hall–Kier alpha value is -1.81. The van der Waals surface area contributed by atoms with E-state index in [-0.39, 0.29) is 5.91 Å². The summed E-state index contributed by atoms with van der Waals surface area (Å²) in [5, 5.41) is 0.696. The highest BCUT2D eigenvalue weighted by Crippen LogP contribution is 2.28. The van der Waals surface area contributed by atoms with Gasteiger partial charge in [-0.05, 0) is 57.4 Å². The van der Waals surface area contributed by atoms with Crippen molar-refractivity contribution in [1.29, 1.82) is 0 Å². The average Bonchev–Trinajstić information content (AvgIpc) is 3.07. The topological polar surface area (TPSA) is 38.1 Å². The molecule has 3 rings (SSSR count). The first-order valence-electron chi connectivity index (χ1n) is 8.55. The van der Waals surface area contributed by atoms with Gasteiger partial charge in [-0.1, -0.05) is 11.6 Å². The second-order valence-corrected chi connectivity index (χ2v) is 7.25. The van der Waals surface area contributed by atoms with Crippen LogP contribution in [0.2, 0.25) is 5.02 Å². The quantitative estimate of drug-likeness (QED) is 0.824. The number of nitrogens with zero attached hydrogens (tertiary/aromatic N) is 3. The van der Waals surface area contributed by atoms with Crippen LogP contribution in [0.15, 0.2) is 30.6 Å². The fourth-order valence-corrected chi connectivity index (χ4v) is 3.53. The fourth-order valence-electron chi connectivity index (χ4n) is 3.41. The van der Waals surface area contributed by atoms with Gasteiger partial charge in [-0.2, -0.15) is 0 Å². The number of aromatic nitrogens is 2. The predicted octanol–water partition coefficient (Wildman–Crippen LogP) is 4.45. The number of piperidine rings is 1. The van der Waals surface area contributed by atoms with E-state index >= 15 is 0 Å². The van der Waals surface area contributed by atoms with Gasteiger partial charge >= 0.3 is 0 Å². The van der Waals surface area contributed by atoms with Crippen molar-refractivity contribution in [3.63, 3.8) is 0 Å². The van der Waals surface area contributed by atoms with Crippen LogP contribution in [0.25, 0.3) is 0 Å². The molecule has 1 amide bonds. The molecule has 5 heteroatoms. The van der Waals surface area contributed by atoms with Crippen molar-refractivity contribution in [2.45, 2.75) is 45.6 Å². The molecule has 0 radical (unpaired) electrons. The zero-order valence-electron chi connectivity index (χ0n) is 14.5. The highest BCUT2D eigenvalue weighted by molar-refractivity contribution is 6.31. The van der Waals surface area contributed by atoms with Crippen LogP contribution >= 0.6 is 11.6 Å². The lowest BCUT2D eigenvalue weighted by Gasteiger charge is -2.33. The number of rotatable bonds is 3. The number of hydrogen-bond donors (Lipinski definition) is 0. The van der Waals surface area contributed by atoms with Crippen LogP contribution in [0.3, 0.4) is 0 Å². The molecule has 1 aliphatic rings. The number of amides is 1. The van der Waals surface area contributed by atoms with Crippen LogP contribution in [0.5, 0.6) is 0 Å². The summed E-state index contributed by atoms with van der Waals surface area (Å²) in [7, 11) is 0. The number of benzene rings is 1. The second kappa shape index (κ2) is 6.98. The molecule has 2 heterocycles. The largest absolute Gasteiger partial charge is 0.338 e. The van der Waals surface area contributed by atoms with Crippen LogP contribution in [0.4, 0.5) is 0 Å². The molecule has 0 bridgehead atoms. The Bertz CT molecular complexity index is 738. The third kappa shape index (κ3) is 3.34. The first-order valence-corrected chi connectivity index (χ1v) is 8.93. The molecule has 1 aromatic heterocycles. The molecule has 0 aliphatic carbocycles. The highest BCUT2D eigenvalue weighted by Gasteiger charge is 2.28. The number of halogens is 1. The van der Waals surface area contributed by atoms with Crippen LogP contribution in [-0.4, -0.2) is 33.4 Å². The molecule has 4 nitrogen and oxygen atoms in total. The molecule has 128 valence electrons. The Morgan fingerprint density at radius 2 is 2.17 bits per heavy atom. The minimum Gasteiger partial charge on any atom is -0.338 e. The summed E-state index contributed by atoms with van der Waals surface area (Å²) in [6.07, 6.45) is 5.98. The predicted molar refractivity (Wildman–Crippen MR) is 96.7 cm³/mol. The zero-order chi connectivity index (χ0) is 17.3. The van der Waals surface area contributed by atoms with Crippen molar-refractivity contribution < 1.29 is 4.79 Å². The van der Waals surface area contributed by atoms with Gasteiger partial charge in [0.05, 0.1) is 0 Å². The van der Waals surface area contributed by atoms with E-state index in [9.17, 15) is 4.79 Å². The Kier molecular flexibility index (Phi) is 4.95. The minimum absolute atomic E-state index is 0.0853. The summed E-state index contributed by atoms with van der Waals surface area (Å²) in [5.41, 5.74) is 1.65. The van der Waals surface area contributed by atoms with Gasteiger partial charge in [-0.25, -0.2) is 4.98 Å². The van der Waals surface area contributed by atoms with Crippen LogP contribution in [0, 0.1) is 6.92 Å². The number of imidazole rings is 1. The molecule has 1 saturated heterocycles. The van der Waals surface area contributed by atoms with E-state index in [0.29, 0.717) is 22.5 Å². The Morgan fingerprint density at radius 1 is 1.38 bits per heavy atom. The van der Waals surface area contributed by atoms with Crippen molar-refractivity contribution in [2.75, 3.05) is 13.1 Å². The van der Waals surface area contributed by atoms with Crippen molar-refractivity contribution in [3.8, 4) is 0 Å². The molecule has 1 aliphatic heterocycles. The van der Waals surface area contributed by atoms with Gasteiger partial charge in [-0.3, -0.25) is 4.79 Å². The van der Waals surface area contributed by atoms with Gasteiger partial charge in [0.1, 0.15) is 5.82 Å². The monoisotopic (exact) mass is 345 g/mol. The van der Waals surface area contributed by atoms with Gasteiger partial charge in [0.25, 0.3) is 5.91 Å². The lowest BCUT2D eigenvalue weighted by molar-refractivity contribution is 0.0703. The lowest BCUT2D eigenvalue weighted by Crippen LogP contribution is -2.39. The van der Waals surface area contributed by atoms with E-state index in [1.165, 1.54) is 0 Å². The first-order chi connectivity index (χ1) is 11.5. The number of carbonyl (C=O) groups excluding carboxylic acids is 1. The van der Waals surface area contributed by atoms with Crippen LogP contribution < -0.4 is 0 Å². The standard InChI is InChI=1S/C19H24ClN3O/c1-13(2)23-10-8-21-18(23)16-5-4-9-22(12-16)19(24)15-6-7-17(20)14(3)11-15/h6-8,10-11,13,16H,4-5,9,12H2,1-3H3. The maximum absolute atomic E-state index is 12.9. The number of carbonyl (C=O) groups is 1. The van der Waals surface area contributed by atoms with Crippen molar-refractivity contribution in [1.82, 2.24) is 14.5 Å². The third-order valence-electron chi connectivity index (χ3n) is 4.73. The molecule has 24 heavy (non-hydrogen) atoms. The number of likely N-dealkylation sites (tertiary alicyclic amines) is 1. The smallest absolute Gasteiger partial charge is 0.253 e. The zero-order valence-corrected chi connectivity index (χ0v) is 15.3. The van der Waals surface area contributed by atoms with Gasteiger partial charge in [0.2, 0.25) is 0 Å². The minimum atomic E-state index is 0.0853. The summed E-state index contributed by atoms with van der Waals surface area (Å²) in [5.74, 6) is 1.48. The van der Waals surface area contributed by atoms with Crippen molar-refractivity contribution in [2.24, 2.45) is 0 Å². The fraction of sp³-hybridized carbons (Fsp3) is 0.474. The molecule has 1 aromatic carbocycles. The molecule has 0 N–H and O–H groups in total. The molecule has 1 fully saturated rings. The molecular weight excluding hydrogens is 322 g/mol. The third-order valence-corrected chi connectivity index (χ3v) is 5.16. The highest BCUT2D eigenvalue weighted by atomic mass is 35.5. The van der Waals surface area contributed by atoms with Crippen LogP contribution in [0.1, 0.15) is 60.4 Å². The summed E-state index contributed by atoms with van der Waals surface area (Å²) in [6, 6.07) is 5.88. The molecular formula is C19H24ClN3O. The Labute approximate surface area is 148 Å². The SMILES string of the molecule is Cc1cc(C(=O)N2CCCC(c3nccn3C(C)C)C2)ccc1Cl. The normalized spacial score (nSPS) is 18.2. The Balaban J connectivity index is 1.79. The first kappa shape index (κ1) is 17.0. The molecule has 0 spiro atoms. The van der Waals surface area contributed by atoms with Crippen LogP contribution in [-0.2, 0) is 0 Å². The van der Waals surface area contributed by atoms with E-state index in [2.05, 4.69) is 23.4 Å². The van der Waals surface area contributed by atoms with E-state index in [1.54, 1.807) is 6.07 Å².